The number of phenols is 1. The highest BCUT2D eigenvalue weighted by atomic mass is 16.7. The van der Waals surface area contributed by atoms with Crippen LogP contribution in [-0.4, -0.2) is 63.2 Å². The molecule has 10 rings (SSSR count). The van der Waals surface area contributed by atoms with E-state index in [1.165, 1.54) is 10.6 Å². The summed E-state index contributed by atoms with van der Waals surface area (Å²) in [5.41, 5.74) is 4.31. The molecular formula is C47H44N4O13. The van der Waals surface area contributed by atoms with E-state index in [9.17, 15) is 44.4 Å². The number of aromatic hydroxyl groups is 1. The summed E-state index contributed by atoms with van der Waals surface area (Å²) in [4.78, 5) is 72.2. The van der Waals surface area contributed by atoms with Crippen LogP contribution in [0, 0.1) is 0 Å². The van der Waals surface area contributed by atoms with Crippen LogP contribution in [-0.2, 0) is 74.3 Å². The predicted octanol–water partition coefficient (Wildman–Crippen LogP) is 4.84. The fraction of sp³-hybridized carbons (Fsp3) is 0.340. The number of rotatable bonds is 4. The van der Waals surface area contributed by atoms with Gasteiger partial charge in [-0.05, 0) is 99.7 Å². The highest BCUT2D eigenvalue weighted by Crippen LogP contribution is 2.42. The summed E-state index contributed by atoms with van der Waals surface area (Å²) in [6.45, 7) is 11.0. The minimum absolute atomic E-state index is 0.0430. The van der Waals surface area contributed by atoms with Crippen molar-refractivity contribution in [3.05, 3.63) is 114 Å². The average molecular weight is 873 g/mol. The predicted molar refractivity (Wildman–Crippen MR) is 228 cm³/mol. The number of carbonyl (C=O) groups excluding carboxylic acids is 3. The zero-order valence-electron chi connectivity index (χ0n) is 35.8. The van der Waals surface area contributed by atoms with Crippen LogP contribution in [0.2, 0.25) is 0 Å². The SMILES string of the molecule is CCc1c2c(nc3ccc(O)cc13)-c1cc3c(c(=O)n1C2)COC(=O)C3(O)O.CCc1c2c(nc3ccc(OC(=O)OC(C)(C)C)cc13)-c1cc3c(c(=O)n1C2)COC(=O)[C@]3(O)CC. The van der Waals surface area contributed by atoms with E-state index >= 15 is 0 Å². The van der Waals surface area contributed by atoms with Crippen molar-refractivity contribution in [2.75, 3.05) is 0 Å². The number of pyridine rings is 4. The third-order valence-electron chi connectivity index (χ3n) is 12.2. The lowest BCUT2D eigenvalue weighted by atomic mass is 9.86. The van der Waals surface area contributed by atoms with Crippen molar-refractivity contribution in [3.8, 4) is 34.3 Å². The summed E-state index contributed by atoms with van der Waals surface area (Å²) < 4.78 is 23.7. The molecule has 8 heterocycles. The summed E-state index contributed by atoms with van der Waals surface area (Å²) >= 11 is 0. The highest BCUT2D eigenvalue weighted by molar-refractivity contribution is 5.91. The molecule has 17 nitrogen and oxygen atoms in total. The summed E-state index contributed by atoms with van der Waals surface area (Å²) in [6.07, 6.45) is 0.609. The number of cyclic esters (lactones) is 2. The lowest BCUT2D eigenvalue weighted by Gasteiger charge is -2.31. The van der Waals surface area contributed by atoms with Crippen molar-refractivity contribution in [1.29, 1.82) is 0 Å². The van der Waals surface area contributed by atoms with E-state index in [0.717, 1.165) is 33.0 Å². The van der Waals surface area contributed by atoms with Crippen molar-refractivity contribution in [2.24, 2.45) is 0 Å². The van der Waals surface area contributed by atoms with Gasteiger partial charge in [-0.2, -0.15) is 0 Å². The maximum atomic E-state index is 13.4. The molecule has 0 bridgehead atoms. The number of aryl methyl sites for hydroxylation is 2. The topological polar surface area (TPSA) is 239 Å². The maximum absolute atomic E-state index is 13.4. The van der Waals surface area contributed by atoms with Gasteiger partial charge in [0.2, 0.25) is 0 Å². The Labute approximate surface area is 364 Å². The smallest absolute Gasteiger partial charge is 0.508 e. The number of phenolic OH excluding ortho intramolecular Hbond substituents is 1. The lowest BCUT2D eigenvalue weighted by Crippen LogP contribution is -2.44. The van der Waals surface area contributed by atoms with Gasteiger partial charge in [0, 0.05) is 33.0 Å². The van der Waals surface area contributed by atoms with Crippen molar-refractivity contribution >= 4 is 39.9 Å². The van der Waals surface area contributed by atoms with E-state index in [0.29, 0.717) is 58.9 Å². The van der Waals surface area contributed by atoms with Crippen molar-refractivity contribution < 1.29 is 53.8 Å². The molecule has 6 aromatic rings. The molecule has 0 radical (unpaired) electrons. The molecular weight excluding hydrogens is 829 g/mol. The molecule has 64 heavy (non-hydrogen) atoms. The number of aliphatic hydroxyl groups is 3. The van der Waals surface area contributed by atoms with Crippen LogP contribution < -0.4 is 15.9 Å². The first-order valence-corrected chi connectivity index (χ1v) is 20.9. The highest BCUT2D eigenvalue weighted by Gasteiger charge is 2.47. The second kappa shape index (κ2) is 14.8. The average Bonchev–Trinajstić information content (AvgIpc) is 3.80. The van der Waals surface area contributed by atoms with Gasteiger partial charge in [0.15, 0.2) is 5.60 Å². The first-order valence-electron chi connectivity index (χ1n) is 20.9. The molecule has 0 amide bonds. The van der Waals surface area contributed by atoms with E-state index in [-0.39, 0.29) is 59.7 Å². The number of aromatic nitrogens is 4. The number of esters is 2. The van der Waals surface area contributed by atoms with Gasteiger partial charge >= 0.3 is 18.1 Å². The third kappa shape index (κ3) is 6.52. The Kier molecular flexibility index (Phi) is 9.81. The number of hydrogen-bond acceptors (Lipinski definition) is 15. The van der Waals surface area contributed by atoms with Crippen LogP contribution in [0.4, 0.5) is 4.79 Å². The molecule has 4 N–H and O–H groups in total. The number of fused-ring (bicyclic) bond motifs is 10. The molecule has 0 spiro atoms. The molecule has 4 aromatic heterocycles. The molecule has 1 atom stereocenters. The zero-order valence-corrected chi connectivity index (χ0v) is 35.8. The summed E-state index contributed by atoms with van der Waals surface area (Å²) in [7, 11) is 0. The number of nitrogens with zero attached hydrogens (tertiary/aromatic N) is 4. The van der Waals surface area contributed by atoms with Crippen LogP contribution in [0.25, 0.3) is 44.6 Å². The van der Waals surface area contributed by atoms with Crippen LogP contribution in [0.1, 0.15) is 92.5 Å². The molecule has 4 aliphatic rings. The Bertz CT molecular complexity index is 3180. The third-order valence-corrected chi connectivity index (χ3v) is 12.2. The van der Waals surface area contributed by atoms with Crippen LogP contribution >= 0.6 is 0 Å². The minimum Gasteiger partial charge on any atom is -0.508 e. The Morgan fingerprint density at radius 1 is 0.719 bits per heavy atom. The van der Waals surface area contributed by atoms with Crippen molar-refractivity contribution in [3.63, 3.8) is 0 Å². The van der Waals surface area contributed by atoms with E-state index < -0.39 is 40.6 Å². The fourth-order valence-electron chi connectivity index (χ4n) is 9.12. The second-order valence-electron chi connectivity index (χ2n) is 17.2. The number of benzene rings is 2. The Morgan fingerprint density at radius 2 is 1.23 bits per heavy atom. The lowest BCUT2D eigenvalue weighted by molar-refractivity contribution is -0.220. The van der Waals surface area contributed by atoms with Gasteiger partial charge in [0.05, 0.1) is 58.0 Å². The first kappa shape index (κ1) is 42.4. The van der Waals surface area contributed by atoms with Crippen molar-refractivity contribution in [2.45, 2.75) is 104 Å². The molecule has 0 fully saturated rings. The molecule has 0 saturated carbocycles. The normalized spacial score (nSPS) is 17.5. The standard InChI is InChI=1S/C27H28N2O7.C20H16N2O6/c1-6-15-16-10-14(35-25(32)36-26(3,4)5)8-9-20(16)28-22-17(15)12-29-21(22)11-19-18(23(29)30)13-34-24(31)27(19,33)7-2;1-2-10-11-5-9(23)3-4-15(11)21-17-12(10)7-22-16(17)6-14-13(18(22)24)8-28-19(25)20(14,26)27/h8-11,33H,6-7,12-13H2,1-5H3;3-6,23,26-27H,2,7-8H2,1H3/t27-;/m0./s1. The molecule has 0 aliphatic carbocycles. The van der Waals surface area contributed by atoms with Gasteiger partial charge in [-0.15, -0.1) is 0 Å². The van der Waals surface area contributed by atoms with Gasteiger partial charge in [0.1, 0.15) is 30.3 Å². The Morgan fingerprint density at radius 3 is 1.78 bits per heavy atom. The Balaban J connectivity index is 0.000000167. The first-order chi connectivity index (χ1) is 30.3. The monoisotopic (exact) mass is 872 g/mol. The van der Waals surface area contributed by atoms with Crippen molar-refractivity contribution in [1.82, 2.24) is 19.1 Å². The number of hydrogen-bond donors (Lipinski definition) is 4. The van der Waals surface area contributed by atoms with Gasteiger partial charge in [0.25, 0.3) is 16.9 Å². The second-order valence-corrected chi connectivity index (χ2v) is 17.2. The van der Waals surface area contributed by atoms with E-state index in [4.69, 9.17) is 23.9 Å². The largest absolute Gasteiger partial charge is 0.514 e. The number of carbonyl (C=O) groups is 3. The van der Waals surface area contributed by atoms with Crippen LogP contribution in [0.3, 0.4) is 0 Å². The van der Waals surface area contributed by atoms with Gasteiger partial charge in [-0.3, -0.25) is 9.59 Å². The molecule has 4 aliphatic heterocycles. The van der Waals surface area contributed by atoms with Crippen LogP contribution in [0.5, 0.6) is 11.5 Å². The van der Waals surface area contributed by atoms with E-state index in [2.05, 4.69) is 4.98 Å². The van der Waals surface area contributed by atoms with Gasteiger partial charge in [-0.1, -0.05) is 20.8 Å². The maximum Gasteiger partial charge on any atom is 0.514 e. The molecule has 0 saturated heterocycles. The van der Waals surface area contributed by atoms with Crippen LogP contribution in [0.15, 0.2) is 58.1 Å². The summed E-state index contributed by atoms with van der Waals surface area (Å²) in [5.74, 6) is -4.37. The minimum atomic E-state index is -2.87. The van der Waals surface area contributed by atoms with Gasteiger partial charge < -0.3 is 48.5 Å². The zero-order chi connectivity index (χ0) is 45.8. The summed E-state index contributed by atoms with van der Waals surface area (Å²) in [5, 5.41) is 42.9. The van der Waals surface area contributed by atoms with E-state index in [1.807, 2.05) is 13.8 Å². The molecule has 2 aromatic carbocycles. The van der Waals surface area contributed by atoms with Gasteiger partial charge in [-0.25, -0.2) is 24.4 Å². The molecule has 330 valence electrons. The molecule has 17 heteroatoms. The summed E-state index contributed by atoms with van der Waals surface area (Å²) in [6, 6.07) is 13.2. The fourth-order valence-corrected chi connectivity index (χ4v) is 9.12. The molecule has 0 unspecified atom stereocenters. The van der Waals surface area contributed by atoms with E-state index in [1.54, 1.807) is 74.7 Å². The quantitative estimate of drug-likeness (QED) is 0.0801. The number of ether oxygens (including phenoxy) is 4. The Hall–Kier alpha value is -6.95.